The molecular formula is C12H21NO4. The number of ether oxygens (including phenoxy) is 1. The van der Waals surface area contributed by atoms with Crippen LogP contribution in [-0.4, -0.2) is 47.7 Å². The largest absolute Gasteiger partial charge is 0.481 e. The molecule has 1 heterocycles. The first kappa shape index (κ1) is 14.0. The van der Waals surface area contributed by atoms with Gasteiger partial charge in [0.1, 0.15) is 0 Å². The Bertz CT molecular complexity index is 301. The minimum Gasteiger partial charge on any atom is -0.481 e. The van der Waals surface area contributed by atoms with E-state index in [1.54, 1.807) is 4.90 Å². The quantitative estimate of drug-likeness (QED) is 0.803. The van der Waals surface area contributed by atoms with E-state index < -0.39 is 11.4 Å². The maximum Gasteiger partial charge on any atom is 0.303 e. The SMILES string of the molecule is CC1COCCN1C(=O)CC(C)(C)CC(=O)O. The van der Waals surface area contributed by atoms with Crippen molar-refractivity contribution in [3.8, 4) is 0 Å². The second-order valence-corrected chi connectivity index (χ2v) is 5.42. The van der Waals surface area contributed by atoms with Crippen LogP contribution in [0.1, 0.15) is 33.6 Å². The molecule has 1 aliphatic heterocycles. The molecule has 98 valence electrons. The van der Waals surface area contributed by atoms with Crippen LogP contribution < -0.4 is 0 Å². The van der Waals surface area contributed by atoms with Crippen molar-refractivity contribution < 1.29 is 19.4 Å². The molecule has 1 rings (SSSR count). The summed E-state index contributed by atoms with van der Waals surface area (Å²) in [7, 11) is 0. The number of carbonyl (C=O) groups excluding carboxylic acids is 1. The highest BCUT2D eigenvalue weighted by atomic mass is 16.5. The number of rotatable bonds is 4. The van der Waals surface area contributed by atoms with E-state index in [1.165, 1.54) is 0 Å². The highest BCUT2D eigenvalue weighted by Gasteiger charge is 2.30. The summed E-state index contributed by atoms with van der Waals surface area (Å²) in [5, 5.41) is 8.78. The Morgan fingerprint density at radius 2 is 2.06 bits per heavy atom. The number of carboxylic acid groups (broad SMARTS) is 1. The molecule has 1 atom stereocenters. The van der Waals surface area contributed by atoms with Gasteiger partial charge in [0.2, 0.25) is 5.91 Å². The van der Waals surface area contributed by atoms with E-state index in [0.717, 1.165) is 0 Å². The predicted molar refractivity (Wildman–Crippen MR) is 62.6 cm³/mol. The number of carboxylic acids is 1. The first-order valence-corrected chi connectivity index (χ1v) is 5.91. The molecule has 17 heavy (non-hydrogen) atoms. The normalized spacial score (nSPS) is 21.4. The zero-order valence-corrected chi connectivity index (χ0v) is 10.7. The number of morpholine rings is 1. The third-order valence-corrected chi connectivity index (χ3v) is 2.95. The third-order valence-electron chi connectivity index (χ3n) is 2.95. The fraction of sp³-hybridized carbons (Fsp3) is 0.833. The standard InChI is InChI=1S/C12H21NO4/c1-9-8-17-5-4-13(9)10(14)6-12(2,3)7-11(15)16/h9H,4-8H2,1-3H3,(H,15,16). The first-order chi connectivity index (χ1) is 7.82. The van der Waals surface area contributed by atoms with E-state index in [1.807, 2.05) is 20.8 Å². The summed E-state index contributed by atoms with van der Waals surface area (Å²) in [6.07, 6.45) is 0.279. The van der Waals surface area contributed by atoms with Gasteiger partial charge in [-0.2, -0.15) is 0 Å². The van der Waals surface area contributed by atoms with Gasteiger partial charge < -0.3 is 14.7 Å². The van der Waals surface area contributed by atoms with Crippen LogP contribution in [0.3, 0.4) is 0 Å². The Hall–Kier alpha value is -1.10. The summed E-state index contributed by atoms with van der Waals surface area (Å²) in [4.78, 5) is 24.6. The lowest BCUT2D eigenvalue weighted by atomic mass is 9.85. The van der Waals surface area contributed by atoms with Crippen molar-refractivity contribution in [1.29, 1.82) is 0 Å². The van der Waals surface area contributed by atoms with Gasteiger partial charge in [0.25, 0.3) is 0 Å². The number of aliphatic carboxylic acids is 1. The van der Waals surface area contributed by atoms with Crippen LogP contribution >= 0.6 is 0 Å². The van der Waals surface area contributed by atoms with Crippen molar-refractivity contribution in [2.45, 2.75) is 39.7 Å². The van der Waals surface area contributed by atoms with Crippen LogP contribution in [0, 0.1) is 5.41 Å². The average Bonchev–Trinajstić information content (AvgIpc) is 2.14. The lowest BCUT2D eigenvalue weighted by Gasteiger charge is -2.35. The molecule has 1 fully saturated rings. The van der Waals surface area contributed by atoms with Crippen LogP contribution in [-0.2, 0) is 14.3 Å². The van der Waals surface area contributed by atoms with E-state index in [0.29, 0.717) is 19.8 Å². The summed E-state index contributed by atoms with van der Waals surface area (Å²) >= 11 is 0. The summed E-state index contributed by atoms with van der Waals surface area (Å²) in [6, 6.07) is 0.0804. The van der Waals surface area contributed by atoms with Crippen molar-refractivity contribution in [2.24, 2.45) is 5.41 Å². The Morgan fingerprint density at radius 1 is 1.41 bits per heavy atom. The van der Waals surface area contributed by atoms with Crippen molar-refractivity contribution in [3.63, 3.8) is 0 Å². The lowest BCUT2D eigenvalue weighted by molar-refractivity contribution is -0.143. The Kier molecular flexibility index (Phi) is 4.51. The Morgan fingerprint density at radius 3 is 2.59 bits per heavy atom. The Balaban J connectivity index is 2.55. The average molecular weight is 243 g/mol. The molecule has 1 aliphatic rings. The molecule has 5 nitrogen and oxygen atoms in total. The topological polar surface area (TPSA) is 66.8 Å². The molecule has 5 heteroatoms. The van der Waals surface area contributed by atoms with Gasteiger partial charge in [-0.1, -0.05) is 13.8 Å². The minimum absolute atomic E-state index is 0.0114. The number of hydrogen-bond donors (Lipinski definition) is 1. The maximum absolute atomic E-state index is 12.1. The van der Waals surface area contributed by atoms with E-state index in [2.05, 4.69) is 0 Å². The second kappa shape index (κ2) is 5.49. The maximum atomic E-state index is 12.1. The zero-order chi connectivity index (χ0) is 13.1. The second-order valence-electron chi connectivity index (χ2n) is 5.42. The van der Waals surface area contributed by atoms with E-state index >= 15 is 0 Å². The summed E-state index contributed by atoms with van der Waals surface area (Å²) in [6.45, 7) is 7.29. The molecular weight excluding hydrogens is 222 g/mol. The molecule has 0 bridgehead atoms. The molecule has 0 radical (unpaired) electrons. The van der Waals surface area contributed by atoms with Crippen LogP contribution in [0.25, 0.3) is 0 Å². The Labute approximate surface area is 102 Å². The van der Waals surface area contributed by atoms with Gasteiger partial charge in [-0.25, -0.2) is 0 Å². The molecule has 0 aromatic heterocycles. The number of nitrogens with zero attached hydrogens (tertiary/aromatic N) is 1. The zero-order valence-electron chi connectivity index (χ0n) is 10.7. The summed E-state index contributed by atoms with van der Waals surface area (Å²) in [5.41, 5.74) is -0.499. The highest BCUT2D eigenvalue weighted by Crippen LogP contribution is 2.26. The first-order valence-electron chi connectivity index (χ1n) is 5.91. The highest BCUT2D eigenvalue weighted by molar-refractivity contribution is 5.78. The van der Waals surface area contributed by atoms with Crippen molar-refractivity contribution >= 4 is 11.9 Å². The molecule has 0 aromatic rings. The fourth-order valence-corrected chi connectivity index (χ4v) is 2.08. The molecule has 0 aliphatic carbocycles. The van der Waals surface area contributed by atoms with Gasteiger partial charge in [-0.05, 0) is 12.3 Å². The number of amides is 1. The van der Waals surface area contributed by atoms with Crippen LogP contribution in [0.4, 0.5) is 0 Å². The molecule has 0 spiro atoms. The van der Waals surface area contributed by atoms with Crippen LogP contribution in [0.15, 0.2) is 0 Å². The van der Waals surface area contributed by atoms with Gasteiger partial charge >= 0.3 is 5.97 Å². The number of hydrogen-bond acceptors (Lipinski definition) is 3. The number of carbonyl (C=O) groups is 2. The molecule has 1 saturated heterocycles. The van der Waals surface area contributed by atoms with Crippen LogP contribution in [0.5, 0.6) is 0 Å². The van der Waals surface area contributed by atoms with E-state index in [9.17, 15) is 9.59 Å². The molecule has 1 unspecified atom stereocenters. The van der Waals surface area contributed by atoms with Gasteiger partial charge in [0, 0.05) is 13.0 Å². The van der Waals surface area contributed by atoms with Crippen molar-refractivity contribution in [3.05, 3.63) is 0 Å². The summed E-state index contributed by atoms with van der Waals surface area (Å²) in [5.74, 6) is -0.843. The lowest BCUT2D eigenvalue weighted by Crippen LogP contribution is -2.48. The predicted octanol–water partition coefficient (Wildman–Crippen LogP) is 1.12. The smallest absolute Gasteiger partial charge is 0.303 e. The fourth-order valence-electron chi connectivity index (χ4n) is 2.08. The van der Waals surface area contributed by atoms with Gasteiger partial charge in [0.05, 0.1) is 25.7 Å². The third kappa shape index (κ3) is 4.34. The molecule has 1 amide bonds. The monoisotopic (exact) mass is 243 g/mol. The molecule has 0 aromatic carbocycles. The summed E-state index contributed by atoms with van der Waals surface area (Å²) < 4.78 is 5.27. The minimum atomic E-state index is -0.863. The molecule has 1 N–H and O–H groups in total. The van der Waals surface area contributed by atoms with Crippen molar-refractivity contribution in [2.75, 3.05) is 19.8 Å². The van der Waals surface area contributed by atoms with Gasteiger partial charge in [-0.15, -0.1) is 0 Å². The molecule has 0 saturated carbocycles. The van der Waals surface area contributed by atoms with Gasteiger partial charge in [0.15, 0.2) is 0 Å². The van der Waals surface area contributed by atoms with Gasteiger partial charge in [-0.3, -0.25) is 9.59 Å². The van der Waals surface area contributed by atoms with E-state index in [-0.39, 0.29) is 24.8 Å². The van der Waals surface area contributed by atoms with Crippen molar-refractivity contribution in [1.82, 2.24) is 4.90 Å². The van der Waals surface area contributed by atoms with Crippen LogP contribution in [0.2, 0.25) is 0 Å². The van der Waals surface area contributed by atoms with E-state index in [4.69, 9.17) is 9.84 Å².